The van der Waals surface area contributed by atoms with Crippen LogP contribution in [0.2, 0.25) is 0 Å². The van der Waals surface area contributed by atoms with Crippen molar-refractivity contribution in [1.29, 1.82) is 0 Å². The van der Waals surface area contributed by atoms with Crippen LogP contribution in [0, 0.1) is 0 Å². The number of hydrogen-bond acceptors (Lipinski definition) is 6. The summed E-state index contributed by atoms with van der Waals surface area (Å²) < 4.78 is 16.8. The van der Waals surface area contributed by atoms with Gasteiger partial charge in [-0.3, -0.25) is 14.4 Å². The second kappa shape index (κ2) is 48.6. The first-order valence-electron chi connectivity index (χ1n) is 25.8. The fraction of sp³-hybridized carbons (Fsp3) is 0.868. The minimum absolute atomic E-state index is 0.0747. The van der Waals surface area contributed by atoms with Crippen molar-refractivity contribution < 1.29 is 28.6 Å². The van der Waals surface area contributed by atoms with Crippen molar-refractivity contribution in [1.82, 2.24) is 0 Å². The molecule has 0 saturated carbocycles. The second-order valence-electron chi connectivity index (χ2n) is 17.4. The molecule has 0 aliphatic carbocycles. The van der Waals surface area contributed by atoms with Crippen LogP contribution in [0.1, 0.15) is 278 Å². The van der Waals surface area contributed by atoms with Crippen LogP contribution in [0.15, 0.2) is 24.3 Å². The summed E-state index contributed by atoms with van der Waals surface area (Å²) >= 11 is 0. The average molecular weight is 831 g/mol. The number of unbranched alkanes of at least 4 members (excludes halogenated alkanes) is 32. The Kier molecular flexibility index (Phi) is 46.8. The Balaban J connectivity index is 4.37. The fourth-order valence-corrected chi connectivity index (χ4v) is 7.49. The zero-order valence-corrected chi connectivity index (χ0v) is 39.5. The third-order valence-electron chi connectivity index (χ3n) is 11.4. The van der Waals surface area contributed by atoms with Crippen molar-refractivity contribution in [3.05, 3.63) is 24.3 Å². The van der Waals surface area contributed by atoms with Gasteiger partial charge < -0.3 is 14.2 Å². The molecule has 0 radical (unpaired) electrons. The normalized spacial score (nSPS) is 12.1. The standard InChI is InChI=1S/C53H98O6/c1-4-7-10-13-16-19-22-25-28-31-34-37-40-43-46-52(55)58-49-50(48-57-51(54)45-42-39-36-33-30-27-24-21-18-15-12-9-6-3)59-53(56)47-44-41-38-35-32-29-26-23-20-17-14-11-8-5-2/h21-22,24-25,50H,4-20,23,26-49H2,1-3H3/b24-21-,25-22-/t50-/m1/s1. The number of carbonyl (C=O) groups excluding carboxylic acids is 3. The lowest BCUT2D eigenvalue weighted by atomic mass is 10.0. The number of hydrogen-bond donors (Lipinski definition) is 0. The molecule has 0 heterocycles. The first-order chi connectivity index (χ1) is 29.0. The Morgan fingerprint density at radius 1 is 0.322 bits per heavy atom. The highest BCUT2D eigenvalue weighted by atomic mass is 16.6. The Hall–Kier alpha value is -2.11. The van der Waals surface area contributed by atoms with E-state index in [1.165, 1.54) is 167 Å². The van der Waals surface area contributed by atoms with Gasteiger partial charge in [-0.2, -0.15) is 0 Å². The summed E-state index contributed by atoms with van der Waals surface area (Å²) in [6, 6.07) is 0. The Morgan fingerprint density at radius 3 is 0.864 bits per heavy atom. The minimum Gasteiger partial charge on any atom is -0.462 e. The number of rotatable bonds is 47. The summed E-state index contributed by atoms with van der Waals surface area (Å²) in [5.41, 5.74) is 0. The van der Waals surface area contributed by atoms with Crippen molar-refractivity contribution >= 4 is 17.9 Å². The first kappa shape index (κ1) is 56.9. The monoisotopic (exact) mass is 831 g/mol. The van der Waals surface area contributed by atoms with Gasteiger partial charge in [-0.25, -0.2) is 0 Å². The third kappa shape index (κ3) is 46.8. The van der Waals surface area contributed by atoms with Gasteiger partial charge in [0, 0.05) is 19.3 Å². The van der Waals surface area contributed by atoms with Gasteiger partial charge in [0.2, 0.25) is 0 Å². The number of carbonyl (C=O) groups is 3. The molecule has 0 rings (SSSR count). The summed E-state index contributed by atoms with van der Waals surface area (Å²) in [7, 11) is 0. The van der Waals surface area contributed by atoms with Crippen LogP contribution in [-0.4, -0.2) is 37.2 Å². The number of allylic oxidation sites excluding steroid dienone is 4. The molecule has 0 fully saturated rings. The van der Waals surface area contributed by atoms with Gasteiger partial charge in [-0.15, -0.1) is 0 Å². The maximum absolute atomic E-state index is 12.8. The van der Waals surface area contributed by atoms with Crippen LogP contribution in [0.4, 0.5) is 0 Å². The summed E-state index contributed by atoms with van der Waals surface area (Å²) in [6.07, 6.45) is 54.4. The number of esters is 3. The summed E-state index contributed by atoms with van der Waals surface area (Å²) in [5.74, 6) is -0.879. The molecule has 0 aromatic heterocycles. The molecule has 346 valence electrons. The molecule has 0 aliphatic heterocycles. The lowest BCUT2D eigenvalue weighted by molar-refractivity contribution is -0.167. The highest BCUT2D eigenvalue weighted by Crippen LogP contribution is 2.15. The predicted octanol–water partition coefficient (Wildman–Crippen LogP) is 16.8. The molecular formula is C53H98O6. The molecule has 0 spiro atoms. The van der Waals surface area contributed by atoms with E-state index in [0.717, 1.165) is 70.6 Å². The molecule has 0 unspecified atom stereocenters. The molecule has 0 aromatic rings. The Labute approximate surface area is 366 Å². The third-order valence-corrected chi connectivity index (χ3v) is 11.4. The van der Waals surface area contributed by atoms with E-state index in [1.807, 2.05) is 0 Å². The largest absolute Gasteiger partial charge is 0.462 e. The molecule has 0 bridgehead atoms. The van der Waals surface area contributed by atoms with Gasteiger partial charge in [0.05, 0.1) is 0 Å². The molecular weight excluding hydrogens is 733 g/mol. The van der Waals surface area contributed by atoms with Crippen LogP contribution in [0.5, 0.6) is 0 Å². The van der Waals surface area contributed by atoms with Crippen molar-refractivity contribution in [2.75, 3.05) is 13.2 Å². The van der Waals surface area contributed by atoms with E-state index in [0.29, 0.717) is 19.3 Å². The molecule has 0 aromatic carbocycles. The van der Waals surface area contributed by atoms with E-state index in [4.69, 9.17) is 14.2 Å². The lowest BCUT2D eigenvalue weighted by Crippen LogP contribution is -2.30. The second-order valence-corrected chi connectivity index (χ2v) is 17.4. The van der Waals surface area contributed by atoms with Crippen LogP contribution in [0.25, 0.3) is 0 Å². The van der Waals surface area contributed by atoms with Gasteiger partial charge in [0.1, 0.15) is 13.2 Å². The quantitative estimate of drug-likeness (QED) is 0.0263. The van der Waals surface area contributed by atoms with E-state index in [-0.39, 0.29) is 31.1 Å². The fourth-order valence-electron chi connectivity index (χ4n) is 7.49. The zero-order valence-electron chi connectivity index (χ0n) is 39.5. The van der Waals surface area contributed by atoms with Crippen molar-refractivity contribution in [2.45, 2.75) is 284 Å². The van der Waals surface area contributed by atoms with Gasteiger partial charge in [-0.1, -0.05) is 212 Å². The van der Waals surface area contributed by atoms with Crippen LogP contribution in [-0.2, 0) is 28.6 Å². The Morgan fingerprint density at radius 2 is 0.559 bits per heavy atom. The molecule has 6 heteroatoms. The van der Waals surface area contributed by atoms with Gasteiger partial charge in [0.25, 0.3) is 0 Å². The molecule has 1 atom stereocenters. The van der Waals surface area contributed by atoms with Gasteiger partial charge >= 0.3 is 17.9 Å². The lowest BCUT2D eigenvalue weighted by Gasteiger charge is -2.18. The molecule has 0 N–H and O–H groups in total. The maximum Gasteiger partial charge on any atom is 0.306 e. The molecule has 6 nitrogen and oxygen atoms in total. The zero-order chi connectivity index (χ0) is 43.0. The maximum atomic E-state index is 12.8. The van der Waals surface area contributed by atoms with E-state index in [2.05, 4.69) is 45.1 Å². The molecule has 0 amide bonds. The topological polar surface area (TPSA) is 78.9 Å². The predicted molar refractivity (Wildman–Crippen MR) is 252 cm³/mol. The summed E-state index contributed by atoms with van der Waals surface area (Å²) in [5, 5.41) is 0. The van der Waals surface area contributed by atoms with E-state index in [1.54, 1.807) is 0 Å². The van der Waals surface area contributed by atoms with Crippen molar-refractivity contribution in [3.8, 4) is 0 Å². The number of ether oxygens (including phenoxy) is 3. The molecule has 0 saturated heterocycles. The van der Waals surface area contributed by atoms with Crippen LogP contribution >= 0.6 is 0 Å². The summed E-state index contributed by atoms with van der Waals surface area (Å²) in [6.45, 7) is 6.62. The minimum atomic E-state index is -0.772. The highest BCUT2D eigenvalue weighted by molar-refractivity contribution is 5.71. The Bertz CT molecular complexity index is 958. The van der Waals surface area contributed by atoms with Gasteiger partial charge in [-0.05, 0) is 70.6 Å². The van der Waals surface area contributed by atoms with Gasteiger partial charge in [0.15, 0.2) is 6.10 Å². The highest BCUT2D eigenvalue weighted by Gasteiger charge is 2.19. The van der Waals surface area contributed by atoms with Crippen LogP contribution < -0.4 is 0 Å². The smallest absolute Gasteiger partial charge is 0.306 e. The molecule has 59 heavy (non-hydrogen) atoms. The van der Waals surface area contributed by atoms with E-state index >= 15 is 0 Å². The summed E-state index contributed by atoms with van der Waals surface area (Å²) in [4.78, 5) is 37.9. The SMILES string of the molecule is CCCCCC/C=C\CCCCCCCC(=O)OC[C@H](COC(=O)CCCCCCC/C=C\CCCCCCC)OC(=O)CCCCCCCCCCCCCCCC. The van der Waals surface area contributed by atoms with Crippen molar-refractivity contribution in [2.24, 2.45) is 0 Å². The average Bonchev–Trinajstić information content (AvgIpc) is 3.23. The molecule has 0 aliphatic rings. The first-order valence-corrected chi connectivity index (χ1v) is 25.8. The van der Waals surface area contributed by atoms with Crippen LogP contribution in [0.3, 0.4) is 0 Å². The van der Waals surface area contributed by atoms with E-state index in [9.17, 15) is 14.4 Å². The van der Waals surface area contributed by atoms with E-state index < -0.39 is 6.10 Å². The van der Waals surface area contributed by atoms with Crippen molar-refractivity contribution in [3.63, 3.8) is 0 Å².